The molecule has 0 aromatic heterocycles. The van der Waals surface area contributed by atoms with Crippen LogP contribution in [0.1, 0.15) is 50.3 Å². The third kappa shape index (κ3) is 5.79. The summed E-state index contributed by atoms with van der Waals surface area (Å²) in [4.78, 5) is 29.4. The minimum atomic E-state index is -3.86. The van der Waals surface area contributed by atoms with Gasteiger partial charge in [0, 0.05) is 51.3 Å². The molecule has 8 nitrogen and oxygen atoms in total. The molecule has 1 atom stereocenters. The lowest BCUT2D eigenvalue weighted by molar-refractivity contribution is -0.134. The van der Waals surface area contributed by atoms with Crippen LogP contribution < -0.4 is 5.32 Å². The van der Waals surface area contributed by atoms with Gasteiger partial charge in [0.25, 0.3) is 0 Å². The Labute approximate surface area is 214 Å². The minimum Gasteiger partial charge on any atom is -0.340 e. The zero-order valence-electron chi connectivity index (χ0n) is 21.2. The average molecular weight is 513 g/mol. The first-order chi connectivity index (χ1) is 17.3. The van der Waals surface area contributed by atoms with Crippen LogP contribution in [0, 0.1) is 0 Å². The van der Waals surface area contributed by atoms with Crippen LogP contribution in [-0.4, -0.2) is 73.6 Å². The maximum atomic E-state index is 13.8. The molecule has 2 aliphatic heterocycles. The van der Waals surface area contributed by atoms with Gasteiger partial charge in [-0.3, -0.25) is 14.5 Å². The summed E-state index contributed by atoms with van der Waals surface area (Å²) in [6, 6.07) is 13.5. The number of carbonyl (C=O) groups is 2. The van der Waals surface area contributed by atoms with Gasteiger partial charge in [0.05, 0.1) is 10.9 Å². The van der Waals surface area contributed by atoms with Gasteiger partial charge < -0.3 is 10.2 Å². The van der Waals surface area contributed by atoms with Crippen molar-refractivity contribution in [3.05, 3.63) is 59.7 Å². The summed E-state index contributed by atoms with van der Waals surface area (Å²) < 4.78 is 29.0. The van der Waals surface area contributed by atoms with Crippen molar-refractivity contribution in [2.45, 2.75) is 50.5 Å². The molecule has 0 saturated carbocycles. The van der Waals surface area contributed by atoms with Gasteiger partial charge in [0.1, 0.15) is 0 Å². The van der Waals surface area contributed by atoms with E-state index < -0.39 is 16.1 Å². The molecular formula is C27H36N4O4S. The number of anilines is 1. The lowest BCUT2D eigenvalue weighted by Gasteiger charge is -2.39. The Hall–Kier alpha value is -2.75. The second-order valence-electron chi connectivity index (χ2n) is 9.43. The smallest absolute Gasteiger partial charge is 0.243 e. The summed E-state index contributed by atoms with van der Waals surface area (Å²) in [5, 5.41) is 2.74. The zero-order valence-corrected chi connectivity index (χ0v) is 22.0. The molecule has 2 amide bonds. The largest absolute Gasteiger partial charge is 0.340 e. The molecule has 0 aliphatic carbocycles. The molecular weight excluding hydrogens is 476 g/mol. The van der Waals surface area contributed by atoms with Crippen LogP contribution in [0.2, 0.25) is 0 Å². The van der Waals surface area contributed by atoms with E-state index in [-0.39, 0.29) is 23.1 Å². The fraction of sp³-hybridized carbons (Fsp3) is 0.481. The number of rotatable bonds is 8. The van der Waals surface area contributed by atoms with E-state index in [2.05, 4.69) is 17.1 Å². The maximum absolute atomic E-state index is 13.8. The van der Waals surface area contributed by atoms with Crippen molar-refractivity contribution in [3.8, 4) is 0 Å². The molecule has 36 heavy (non-hydrogen) atoms. The van der Waals surface area contributed by atoms with Crippen molar-refractivity contribution in [1.29, 1.82) is 0 Å². The average Bonchev–Trinajstić information content (AvgIpc) is 2.89. The molecule has 194 valence electrons. The monoisotopic (exact) mass is 512 g/mol. The predicted octanol–water partition coefficient (Wildman–Crippen LogP) is 3.27. The van der Waals surface area contributed by atoms with Gasteiger partial charge in [-0.1, -0.05) is 38.1 Å². The summed E-state index contributed by atoms with van der Waals surface area (Å²) in [6.45, 7) is 8.31. The van der Waals surface area contributed by atoms with E-state index in [1.54, 1.807) is 19.1 Å². The van der Waals surface area contributed by atoms with E-state index in [0.717, 1.165) is 37.2 Å². The number of fused-ring (bicyclic) bond motifs is 1. The van der Waals surface area contributed by atoms with E-state index in [9.17, 15) is 18.0 Å². The minimum absolute atomic E-state index is 0.00863. The van der Waals surface area contributed by atoms with Gasteiger partial charge in [-0.15, -0.1) is 0 Å². The van der Waals surface area contributed by atoms with E-state index >= 15 is 0 Å². The molecule has 2 aromatic carbocycles. The van der Waals surface area contributed by atoms with Crippen LogP contribution in [-0.2, 0) is 26.0 Å². The molecule has 2 heterocycles. The SMILES string of the molecule is CCCN1CCN(C(=O)C[C@@H]2c3ccccc3CCN2S(=O)(=O)c2ccc(NC(=O)CC)cc2)CC1. The van der Waals surface area contributed by atoms with Crippen molar-refractivity contribution in [2.75, 3.05) is 44.6 Å². The van der Waals surface area contributed by atoms with Gasteiger partial charge in [-0.25, -0.2) is 8.42 Å². The standard InChI is InChI=1S/C27H36N4O4S/c1-3-14-29-16-18-30(19-17-29)27(33)20-25-24-8-6-5-7-21(24)13-15-31(25)36(34,35)23-11-9-22(10-12-23)28-26(32)4-2/h5-12,25H,3-4,13-20H2,1-2H3,(H,28,32)/t25-/m1/s1. The highest BCUT2D eigenvalue weighted by Gasteiger charge is 2.38. The third-order valence-electron chi connectivity index (χ3n) is 7.06. The molecule has 2 aromatic rings. The van der Waals surface area contributed by atoms with E-state index in [0.29, 0.717) is 38.2 Å². The molecule has 0 bridgehead atoms. The molecule has 0 radical (unpaired) electrons. The van der Waals surface area contributed by atoms with Gasteiger partial charge in [-0.2, -0.15) is 4.31 Å². The predicted molar refractivity (Wildman–Crippen MR) is 140 cm³/mol. The summed E-state index contributed by atoms with van der Waals surface area (Å²) in [6.07, 6.45) is 2.15. The summed E-state index contributed by atoms with van der Waals surface area (Å²) >= 11 is 0. The van der Waals surface area contributed by atoms with E-state index in [1.165, 1.54) is 16.4 Å². The van der Waals surface area contributed by atoms with Crippen molar-refractivity contribution >= 4 is 27.5 Å². The summed E-state index contributed by atoms with van der Waals surface area (Å²) in [7, 11) is -3.86. The van der Waals surface area contributed by atoms with Gasteiger partial charge in [-0.05, 0) is 54.8 Å². The van der Waals surface area contributed by atoms with E-state index in [1.807, 2.05) is 29.2 Å². The van der Waals surface area contributed by atoms with Crippen molar-refractivity contribution < 1.29 is 18.0 Å². The highest BCUT2D eigenvalue weighted by molar-refractivity contribution is 7.89. The maximum Gasteiger partial charge on any atom is 0.243 e. The van der Waals surface area contributed by atoms with E-state index in [4.69, 9.17) is 0 Å². The Morgan fingerprint density at radius 1 is 0.944 bits per heavy atom. The number of nitrogens with zero attached hydrogens (tertiary/aromatic N) is 3. The number of sulfonamides is 1. The molecule has 1 saturated heterocycles. The van der Waals surface area contributed by atoms with Crippen molar-refractivity contribution in [3.63, 3.8) is 0 Å². The quantitative estimate of drug-likeness (QED) is 0.586. The number of amides is 2. The Morgan fingerprint density at radius 2 is 1.64 bits per heavy atom. The molecule has 4 rings (SSSR count). The Morgan fingerprint density at radius 3 is 2.31 bits per heavy atom. The molecule has 1 fully saturated rings. The first-order valence-corrected chi connectivity index (χ1v) is 14.3. The normalized spacial score (nSPS) is 19.1. The number of nitrogens with one attached hydrogen (secondary N) is 1. The van der Waals surface area contributed by atoms with Crippen LogP contribution in [0.3, 0.4) is 0 Å². The summed E-state index contributed by atoms with van der Waals surface area (Å²) in [5.41, 5.74) is 2.54. The molecule has 9 heteroatoms. The molecule has 1 N–H and O–H groups in total. The summed E-state index contributed by atoms with van der Waals surface area (Å²) in [5.74, 6) is -0.141. The van der Waals surface area contributed by atoms with Crippen molar-refractivity contribution in [2.24, 2.45) is 0 Å². The van der Waals surface area contributed by atoms with Crippen LogP contribution in [0.25, 0.3) is 0 Å². The molecule has 2 aliphatic rings. The Bertz CT molecular complexity index is 1170. The van der Waals surface area contributed by atoms with Gasteiger partial charge in [0.2, 0.25) is 21.8 Å². The number of carbonyl (C=O) groups excluding carboxylic acids is 2. The van der Waals surface area contributed by atoms with Gasteiger partial charge in [0.15, 0.2) is 0 Å². The molecule has 0 unspecified atom stereocenters. The van der Waals surface area contributed by atoms with Crippen LogP contribution >= 0.6 is 0 Å². The fourth-order valence-electron chi connectivity index (χ4n) is 5.05. The van der Waals surface area contributed by atoms with Crippen LogP contribution in [0.4, 0.5) is 5.69 Å². The second kappa shape index (κ2) is 11.5. The Balaban J connectivity index is 1.56. The highest BCUT2D eigenvalue weighted by Crippen LogP contribution is 2.37. The highest BCUT2D eigenvalue weighted by atomic mass is 32.2. The zero-order chi connectivity index (χ0) is 25.7. The first-order valence-electron chi connectivity index (χ1n) is 12.8. The number of hydrogen-bond donors (Lipinski definition) is 1. The fourth-order valence-corrected chi connectivity index (χ4v) is 6.66. The third-order valence-corrected chi connectivity index (χ3v) is 8.98. The lowest BCUT2D eigenvalue weighted by Crippen LogP contribution is -2.50. The topological polar surface area (TPSA) is 90.0 Å². The van der Waals surface area contributed by atoms with Crippen LogP contribution in [0.5, 0.6) is 0 Å². The van der Waals surface area contributed by atoms with Gasteiger partial charge >= 0.3 is 0 Å². The Kier molecular flexibility index (Phi) is 8.43. The second-order valence-corrected chi connectivity index (χ2v) is 11.3. The first kappa shape index (κ1) is 26.3. The number of piperazine rings is 1. The number of benzene rings is 2. The van der Waals surface area contributed by atoms with Crippen molar-refractivity contribution in [1.82, 2.24) is 14.1 Å². The number of hydrogen-bond acceptors (Lipinski definition) is 5. The lowest BCUT2D eigenvalue weighted by atomic mass is 9.92. The molecule has 0 spiro atoms. The van der Waals surface area contributed by atoms with Crippen LogP contribution in [0.15, 0.2) is 53.4 Å².